The van der Waals surface area contributed by atoms with Gasteiger partial charge in [0.25, 0.3) is 0 Å². The van der Waals surface area contributed by atoms with Gasteiger partial charge in [-0.25, -0.2) is 4.98 Å². The minimum absolute atomic E-state index is 0.323. The van der Waals surface area contributed by atoms with Crippen LogP contribution in [0.2, 0.25) is 0 Å². The molecular weight excluding hydrogens is 230 g/mol. The first-order chi connectivity index (χ1) is 8.29. The Labute approximate surface area is 105 Å². The topological polar surface area (TPSA) is 41.6 Å². The second kappa shape index (κ2) is 5.68. The zero-order valence-electron chi connectivity index (χ0n) is 9.76. The average Bonchev–Trinajstić information content (AvgIpc) is 2.75. The third-order valence-electron chi connectivity index (χ3n) is 2.38. The van der Waals surface area contributed by atoms with E-state index in [2.05, 4.69) is 46.0 Å². The molecule has 0 saturated carbocycles. The summed E-state index contributed by atoms with van der Waals surface area (Å²) in [4.78, 5) is 4.32. The Morgan fingerprint density at radius 3 is 2.76 bits per heavy atom. The van der Waals surface area contributed by atoms with E-state index in [4.69, 9.17) is 0 Å². The molecule has 1 aromatic heterocycles. The summed E-state index contributed by atoms with van der Waals surface area (Å²) in [6, 6.07) is 10.4. The summed E-state index contributed by atoms with van der Waals surface area (Å²) in [6.45, 7) is 5.72. The fourth-order valence-corrected chi connectivity index (χ4v) is 2.64. The van der Waals surface area contributed by atoms with Crippen LogP contribution in [-0.4, -0.2) is 15.2 Å². The van der Waals surface area contributed by atoms with Gasteiger partial charge in [0.1, 0.15) is 5.82 Å². The molecule has 88 valence electrons. The van der Waals surface area contributed by atoms with Gasteiger partial charge in [0.2, 0.25) is 5.16 Å². The van der Waals surface area contributed by atoms with Crippen LogP contribution in [0.3, 0.4) is 0 Å². The van der Waals surface area contributed by atoms with E-state index in [1.807, 2.05) is 19.1 Å². The number of thioether (sulfide) groups is 1. The highest BCUT2D eigenvalue weighted by molar-refractivity contribution is 7.99. The van der Waals surface area contributed by atoms with Crippen LogP contribution in [0.25, 0.3) is 0 Å². The monoisotopic (exact) mass is 245 g/mol. The molecule has 0 bridgehead atoms. The van der Waals surface area contributed by atoms with Crippen LogP contribution in [0.15, 0.2) is 48.1 Å². The lowest BCUT2D eigenvalue weighted by atomic mass is 10.1. The average molecular weight is 245 g/mol. The van der Waals surface area contributed by atoms with Gasteiger partial charge in [0.05, 0.1) is 0 Å². The number of nitrogens with zero attached hydrogens (tertiary/aromatic N) is 2. The van der Waals surface area contributed by atoms with Gasteiger partial charge in [-0.2, -0.15) is 0 Å². The lowest BCUT2D eigenvalue weighted by molar-refractivity contribution is 0.928. The van der Waals surface area contributed by atoms with E-state index < -0.39 is 0 Å². The number of hydrogen-bond acceptors (Lipinski definition) is 3. The van der Waals surface area contributed by atoms with Gasteiger partial charge in [-0.1, -0.05) is 48.2 Å². The lowest BCUT2D eigenvalue weighted by Gasteiger charge is -2.12. The molecule has 2 aromatic rings. The van der Waals surface area contributed by atoms with Gasteiger partial charge >= 0.3 is 0 Å². The highest BCUT2D eigenvalue weighted by Gasteiger charge is 2.13. The van der Waals surface area contributed by atoms with Crippen LogP contribution in [0.4, 0.5) is 0 Å². The standard InChI is InChI=1S/C13H15N3S/c1-3-7-12(11-8-5-4-6-9-11)17-13-14-10(2)15-16-13/h3-6,8-9,12H,1,7H2,2H3,(H,14,15,16). The molecule has 1 heterocycles. The molecule has 0 fully saturated rings. The summed E-state index contributed by atoms with van der Waals surface area (Å²) in [7, 11) is 0. The van der Waals surface area contributed by atoms with Crippen molar-refractivity contribution in [2.24, 2.45) is 0 Å². The zero-order valence-corrected chi connectivity index (χ0v) is 10.6. The van der Waals surface area contributed by atoms with E-state index >= 15 is 0 Å². The molecule has 1 atom stereocenters. The SMILES string of the molecule is C=CCC(Sc1n[nH]c(C)n1)c1ccccc1. The number of aromatic amines is 1. The number of nitrogens with one attached hydrogen (secondary N) is 1. The number of H-pyrrole nitrogens is 1. The smallest absolute Gasteiger partial charge is 0.209 e. The van der Waals surface area contributed by atoms with Crippen LogP contribution in [0.5, 0.6) is 0 Å². The molecular formula is C13H15N3S. The predicted octanol–water partition coefficient (Wildman–Crippen LogP) is 3.52. The van der Waals surface area contributed by atoms with Gasteiger partial charge in [-0.05, 0) is 18.9 Å². The molecule has 4 heteroatoms. The van der Waals surface area contributed by atoms with Crippen LogP contribution in [0, 0.1) is 6.92 Å². The molecule has 0 aliphatic heterocycles. The van der Waals surface area contributed by atoms with Crippen LogP contribution in [-0.2, 0) is 0 Å². The van der Waals surface area contributed by atoms with Crippen molar-refractivity contribution in [1.29, 1.82) is 0 Å². The Morgan fingerprint density at radius 2 is 2.18 bits per heavy atom. The Hall–Kier alpha value is -1.55. The third-order valence-corrected chi connectivity index (χ3v) is 3.52. The van der Waals surface area contributed by atoms with Crippen molar-refractivity contribution in [2.45, 2.75) is 23.8 Å². The largest absolute Gasteiger partial charge is 0.262 e. The van der Waals surface area contributed by atoms with Gasteiger partial charge in [0.15, 0.2) is 0 Å². The summed E-state index contributed by atoms with van der Waals surface area (Å²) in [5, 5.41) is 8.13. The predicted molar refractivity (Wildman–Crippen MR) is 71.0 cm³/mol. The van der Waals surface area contributed by atoms with E-state index in [0.29, 0.717) is 5.25 Å². The first-order valence-corrected chi connectivity index (χ1v) is 6.39. The zero-order chi connectivity index (χ0) is 12.1. The highest BCUT2D eigenvalue weighted by atomic mass is 32.2. The van der Waals surface area contributed by atoms with E-state index in [0.717, 1.165) is 17.4 Å². The molecule has 2 rings (SSSR count). The fraction of sp³-hybridized carbons (Fsp3) is 0.231. The molecule has 0 saturated heterocycles. The van der Waals surface area contributed by atoms with Crippen molar-refractivity contribution >= 4 is 11.8 Å². The van der Waals surface area contributed by atoms with Crippen molar-refractivity contribution in [2.75, 3.05) is 0 Å². The number of allylic oxidation sites excluding steroid dienone is 1. The van der Waals surface area contributed by atoms with Gasteiger partial charge in [-0.3, -0.25) is 5.10 Å². The molecule has 0 radical (unpaired) electrons. The van der Waals surface area contributed by atoms with Gasteiger partial charge in [-0.15, -0.1) is 11.7 Å². The number of hydrogen-bond donors (Lipinski definition) is 1. The number of benzene rings is 1. The minimum Gasteiger partial charge on any atom is -0.262 e. The molecule has 0 aliphatic rings. The summed E-state index contributed by atoms with van der Waals surface area (Å²) in [5.74, 6) is 0.845. The van der Waals surface area contributed by atoms with Gasteiger partial charge < -0.3 is 0 Å². The normalized spacial score (nSPS) is 12.3. The Bertz CT molecular complexity index is 478. The van der Waals surface area contributed by atoms with E-state index in [9.17, 15) is 0 Å². The van der Waals surface area contributed by atoms with Crippen molar-refractivity contribution < 1.29 is 0 Å². The first-order valence-electron chi connectivity index (χ1n) is 5.51. The number of aryl methyl sites for hydroxylation is 1. The minimum atomic E-state index is 0.323. The van der Waals surface area contributed by atoms with Crippen molar-refractivity contribution in [3.05, 3.63) is 54.4 Å². The first kappa shape index (κ1) is 11.9. The molecule has 0 aliphatic carbocycles. The highest BCUT2D eigenvalue weighted by Crippen LogP contribution is 2.35. The van der Waals surface area contributed by atoms with Crippen LogP contribution < -0.4 is 0 Å². The van der Waals surface area contributed by atoms with Crippen molar-refractivity contribution in [3.8, 4) is 0 Å². The maximum atomic E-state index is 4.32. The quantitative estimate of drug-likeness (QED) is 0.647. The summed E-state index contributed by atoms with van der Waals surface area (Å²) in [6.07, 6.45) is 2.84. The fourth-order valence-electron chi connectivity index (χ4n) is 1.57. The molecule has 1 aromatic carbocycles. The van der Waals surface area contributed by atoms with Gasteiger partial charge in [0, 0.05) is 5.25 Å². The van der Waals surface area contributed by atoms with E-state index in [1.165, 1.54) is 5.56 Å². The van der Waals surface area contributed by atoms with E-state index in [-0.39, 0.29) is 0 Å². The maximum absolute atomic E-state index is 4.32. The van der Waals surface area contributed by atoms with Crippen molar-refractivity contribution in [1.82, 2.24) is 15.2 Å². The summed E-state index contributed by atoms with van der Waals surface area (Å²) >= 11 is 1.66. The molecule has 0 amide bonds. The molecule has 0 spiro atoms. The van der Waals surface area contributed by atoms with Crippen molar-refractivity contribution in [3.63, 3.8) is 0 Å². The lowest BCUT2D eigenvalue weighted by Crippen LogP contribution is -1.93. The third kappa shape index (κ3) is 3.20. The molecule has 17 heavy (non-hydrogen) atoms. The summed E-state index contributed by atoms with van der Waals surface area (Å²) in [5.41, 5.74) is 1.28. The molecule has 1 N–H and O–H groups in total. The number of aromatic nitrogens is 3. The number of rotatable bonds is 5. The second-order valence-electron chi connectivity index (χ2n) is 3.74. The maximum Gasteiger partial charge on any atom is 0.209 e. The molecule has 3 nitrogen and oxygen atoms in total. The second-order valence-corrected chi connectivity index (χ2v) is 4.91. The summed E-state index contributed by atoms with van der Waals surface area (Å²) < 4.78 is 0. The molecule has 1 unspecified atom stereocenters. The Morgan fingerprint density at radius 1 is 1.41 bits per heavy atom. The Balaban J connectivity index is 2.15. The van der Waals surface area contributed by atoms with Crippen LogP contribution in [0.1, 0.15) is 23.1 Å². The van der Waals surface area contributed by atoms with Crippen LogP contribution >= 0.6 is 11.8 Å². The van der Waals surface area contributed by atoms with E-state index in [1.54, 1.807) is 11.8 Å². The Kier molecular flexibility index (Phi) is 3.98.